The van der Waals surface area contributed by atoms with Crippen LogP contribution in [0.25, 0.3) is 11.1 Å². The molecular formula is C27H30N2O6. The normalized spacial score (nSPS) is 21.6. The second-order valence-electron chi connectivity index (χ2n) is 9.61. The van der Waals surface area contributed by atoms with Crippen molar-refractivity contribution in [2.75, 3.05) is 13.2 Å². The monoisotopic (exact) mass is 478 g/mol. The van der Waals surface area contributed by atoms with E-state index in [9.17, 15) is 14.4 Å². The van der Waals surface area contributed by atoms with E-state index in [0.717, 1.165) is 35.1 Å². The van der Waals surface area contributed by atoms with Gasteiger partial charge in [-0.25, -0.2) is 9.59 Å². The summed E-state index contributed by atoms with van der Waals surface area (Å²) in [6, 6.07) is 15.6. The number of carboxylic acids is 1. The molecule has 8 heteroatoms. The Hall–Kier alpha value is -3.39. The molecule has 5 rings (SSSR count). The number of ether oxygens (including phenoxy) is 2. The zero-order valence-electron chi connectivity index (χ0n) is 19.4. The first kappa shape index (κ1) is 23.4. The Labute approximate surface area is 204 Å². The van der Waals surface area contributed by atoms with Crippen molar-refractivity contribution in [3.05, 3.63) is 59.7 Å². The highest BCUT2D eigenvalue weighted by Crippen LogP contribution is 2.44. The quantitative estimate of drug-likeness (QED) is 0.509. The fraction of sp³-hybridized carbons (Fsp3) is 0.444. The standard InChI is InChI=1S/C27H30N2O6/c30-25(28-14-17-11-12-24(35-17)26(31)32)23(13-16-9-10-16)29-27(33)34-15-22-20-7-3-1-5-18(20)19-6-2-4-8-21(19)22/h1-8,16-17,22-24H,9-15H2,(H,28,30)(H,29,33)(H,31,32). The summed E-state index contributed by atoms with van der Waals surface area (Å²) in [4.78, 5) is 36.6. The minimum atomic E-state index is -0.984. The fourth-order valence-corrected chi connectivity index (χ4v) is 5.08. The summed E-state index contributed by atoms with van der Waals surface area (Å²) in [5, 5.41) is 14.6. The van der Waals surface area contributed by atoms with Crippen LogP contribution in [-0.4, -0.2) is 54.5 Å². The molecule has 8 nitrogen and oxygen atoms in total. The SMILES string of the molecule is O=C(NC(CC1CC1)C(=O)NCC1CCC(C(=O)O)O1)OCC1c2ccccc2-c2ccccc21. The molecule has 1 heterocycles. The second kappa shape index (κ2) is 10.1. The van der Waals surface area contributed by atoms with Crippen LogP contribution in [0.2, 0.25) is 0 Å². The Balaban J connectivity index is 1.17. The van der Waals surface area contributed by atoms with Gasteiger partial charge in [-0.2, -0.15) is 0 Å². The predicted molar refractivity (Wildman–Crippen MR) is 128 cm³/mol. The molecule has 0 aromatic heterocycles. The first-order valence-corrected chi connectivity index (χ1v) is 12.3. The topological polar surface area (TPSA) is 114 Å². The molecule has 3 atom stereocenters. The highest BCUT2D eigenvalue weighted by molar-refractivity contribution is 5.86. The maximum absolute atomic E-state index is 12.8. The Morgan fingerprint density at radius 2 is 1.63 bits per heavy atom. The van der Waals surface area contributed by atoms with Crippen molar-refractivity contribution in [3.63, 3.8) is 0 Å². The van der Waals surface area contributed by atoms with Gasteiger partial charge in [-0.05, 0) is 47.4 Å². The maximum Gasteiger partial charge on any atom is 0.407 e. The fourth-order valence-electron chi connectivity index (χ4n) is 5.08. The van der Waals surface area contributed by atoms with Crippen LogP contribution in [0.1, 0.15) is 49.1 Å². The summed E-state index contributed by atoms with van der Waals surface area (Å²) in [5.74, 6) is -0.917. The summed E-state index contributed by atoms with van der Waals surface area (Å²) in [6.45, 7) is 0.403. The smallest absolute Gasteiger partial charge is 0.407 e. The minimum Gasteiger partial charge on any atom is -0.479 e. The average Bonchev–Trinajstić information content (AvgIpc) is 3.44. The molecule has 1 aliphatic heterocycles. The van der Waals surface area contributed by atoms with Crippen LogP contribution in [0.4, 0.5) is 4.79 Å². The van der Waals surface area contributed by atoms with Crippen molar-refractivity contribution in [1.82, 2.24) is 10.6 Å². The molecule has 2 aliphatic carbocycles. The van der Waals surface area contributed by atoms with Gasteiger partial charge in [0.15, 0.2) is 6.10 Å². The van der Waals surface area contributed by atoms with Gasteiger partial charge in [-0.3, -0.25) is 4.79 Å². The van der Waals surface area contributed by atoms with Crippen LogP contribution in [0.15, 0.2) is 48.5 Å². The highest BCUT2D eigenvalue weighted by atomic mass is 16.5. The first-order chi connectivity index (χ1) is 17.0. The van der Waals surface area contributed by atoms with Gasteiger partial charge in [0.2, 0.25) is 5.91 Å². The zero-order valence-corrected chi connectivity index (χ0v) is 19.4. The largest absolute Gasteiger partial charge is 0.479 e. The number of aliphatic carboxylic acids is 1. The van der Waals surface area contributed by atoms with Crippen LogP contribution in [-0.2, 0) is 19.1 Å². The number of hydrogen-bond acceptors (Lipinski definition) is 5. The maximum atomic E-state index is 12.8. The van der Waals surface area contributed by atoms with Crippen LogP contribution < -0.4 is 10.6 Å². The van der Waals surface area contributed by atoms with Gasteiger partial charge in [-0.15, -0.1) is 0 Å². The third-order valence-corrected chi connectivity index (χ3v) is 7.11. The van der Waals surface area contributed by atoms with Crippen molar-refractivity contribution < 1.29 is 29.0 Å². The Morgan fingerprint density at radius 1 is 0.971 bits per heavy atom. The zero-order chi connectivity index (χ0) is 24.4. The molecule has 0 spiro atoms. The highest BCUT2D eigenvalue weighted by Gasteiger charge is 2.34. The van der Waals surface area contributed by atoms with Gasteiger partial charge in [0.25, 0.3) is 0 Å². The number of rotatable bonds is 9. The Morgan fingerprint density at radius 3 is 2.23 bits per heavy atom. The summed E-state index contributed by atoms with van der Waals surface area (Å²) >= 11 is 0. The van der Waals surface area contributed by atoms with E-state index in [1.807, 2.05) is 24.3 Å². The lowest BCUT2D eigenvalue weighted by Crippen LogP contribution is -2.49. The molecule has 2 amide bonds. The van der Waals surface area contributed by atoms with Gasteiger partial charge < -0.3 is 25.2 Å². The van der Waals surface area contributed by atoms with Crippen LogP contribution >= 0.6 is 0 Å². The van der Waals surface area contributed by atoms with Crippen molar-refractivity contribution in [2.24, 2.45) is 5.92 Å². The third kappa shape index (κ3) is 5.32. The van der Waals surface area contributed by atoms with Gasteiger partial charge in [0.1, 0.15) is 12.6 Å². The number of hydrogen-bond donors (Lipinski definition) is 3. The number of carbonyl (C=O) groups excluding carboxylic acids is 2. The number of amides is 2. The van der Waals surface area contributed by atoms with E-state index in [0.29, 0.717) is 25.2 Å². The summed E-state index contributed by atoms with van der Waals surface area (Å²) in [5.41, 5.74) is 4.57. The lowest BCUT2D eigenvalue weighted by atomic mass is 9.98. The molecule has 1 saturated carbocycles. The lowest BCUT2D eigenvalue weighted by molar-refractivity contribution is -0.149. The van der Waals surface area contributed by atoms with E-state index < -0.39 is 24.2 Å². The molecule has 35 heavy (non-hydrogen) atoms. The first-order valence-electron chi connectivity index (χ1n) is 12.3. The Bertz CT molecular complexity index is 1070. The number of fused-ring (bicyclic) bond motifs is 3. The van der Waals surface area contributed by atoms with Crippen molar-refractivity contribution >= 4 is 18.0 Å². The van der Waals surface area contributed by atoms with E-state index in [1.54, 1.807) is 0 Å². The molecule has 0 bridgehead atoms. The van der Waals surface area contributed by atoms with Crippen LogP contribution in [0.5, 0.6) is 0 Å². The number of benzene rings is 2. The third-order valence-electron chi connectivity index (χ3n) is 7.11. The predicted octanol–water partition coefficient (Wildman–Crippen LogP) is 3.44. The molecular weight excluding hydrogens is 448 g/mol. The lowest BCUT2D eigenvalue weighted by Gasteiger charge is -2.20. The van der Waals surface area contributed by atoms with Crippen LogP contribution in [0, 0.1) is 5.92 Å². The van der Waals surface area contributed by atoms with E-state index in [1.165, 1.54) is 0 Å². The summed E-state index contributed by atoms with van der Waals surface area (Å²) in [6.07, 6.45) is 1.87. The number of carbonyl (C=O) groups is 3. The molecule has 2 fully saturated rings. The van der Waals surface area contributed by atoms with E-state index in [2.05, 4.69) is 34.9 Å². The number of alkyl carbamates (subject to hydrolysis) is 1. The van der Waals surface area contributed by atoms with E-state index in [4.69, 9.17) is 14.6 Å². The minimum absolute atomic E-state index is 0.0504. The van der Waals surface area contributed by atoms with Gasteiger partial charge in [-0.1, -0.05) is 61.4 Å². The van der Waals surface area contributed by atoms with Crippen LogP contribution in [0.3, 0.4) is 0 Å². The van der Waals surface area contributed by atoms with Gasteiger partial charge in [0.05, 0.1) is 6.10 Å². The molecule has 0 radical (unpaired) electrons. The van der Waals surface area contributed by atoms with Crippen molar-refractivity contribution in [1.29, 1.82) is 0 Å². The van der Waals surface area contributed by atoms with Crippen molar-refractivity contribution in [3.8, 4) is 11.1 Å². The summed E-state index contributed by atoms with van der Waals surface area (Å²) < 4.78 is 11.1. The summed E-state index contributed by atoms with van der Waals surface area (Å²) in [7, 11) is 0. The molecule has 3 unspecified atom stereocenters. The molecule has 184 valence electrons. The van der Waals surface area contributed by atoms with Crippen molar-refractivity contribution in [2.45, 2.75) is 56.3 Å². The Kier molecular flexibility index (Phi) is 6.72. The van der Waals surface area contributed by atoms with Gasteiger partial charge in [0, 0.05) is 12.5 Å². The molecule has 2 aromatic carbocycles. The molecule has 1 saturated heterocycles. The van der Waals surface area contributed by atoms with E-state index in [-0.39, 0.29) is 31.1 Å². The number of nitrogens with one attached hydrogen (secondary N) is 2. The van der Waals surface area contributed by atoms with Gasteiger partial charge >= 0.3 is 12.1 Å². The second-order valence-corrected chi connectivity index (χ2v) is 9.61. The molecule has 3 N–H and O–H groups in total. The number of carboxylic acid groups (broad SMARTS) is 1. The average molecular weight is 479 g/mol. The van der Waals surface area contributed by atoms with E-state index >= 15 is 0 Å². The molecule has 3 aliphatic rings. The molecule has 2 aromatic rings.